The monoisotopic (exact) mass is 306 g/mol. The number of nitrogens with one attached hydrogen (secondary N) is 4. The molecule has 3 heterocycles. The fourth-order valence-corrected chi connectivity index (χ4v) is 2.46. The number of carbonyl (C=O) groups is 1. The predicted octanol–water partition coefficient (Wildman–Crippen LogP) is 2.84. The molecule has 23 heavy (non-hydrogen) atoms. The van der Waals surface area contributed by atoms with E-state index >= 15 is 0 Å². The van der Waals surface area contributed by atoms with Crippen molar-refractivity contribution >= 4 is 22.6 Å². The summed E-state index contributed by atoms with van der Waals surface area (Å²) in [4.78, 5) is 22.9. The Morgan fingerprint density at radius 3 is 2.91 bits per heavy atom. The summed E-state index contributed by atoms with van der Waals surface area (Å²) in [7, 11) is 0. The second kappa shape index (κ2) is 5.13. The van der Waals surface area contributed by atoms with E-state index in [1.54, 1.807) is 18.5 Å². The van der Waals surface area contributed by atoms with E-state index in [1.165, 1.54) is 0 Å². The van der Waals surface area contributed by atoms with Crippen molar-refractivity contribution in [1.82, 2.24) is 25.1 Å². The van der Waals surface area contributed by atoms with Crippen LogP contribution < -0.4 is 5.32 Å². The predicted molar refractivity (Wildman–Crippen MR) is 87.2 cm³/mol. The Bertz CT molecular complexity index is 960. The Labute approximate surface area is 131 Å². The van der Waals surface area contributed by atoms with Gasteiger partial charge in [-0.3, -0.25) is 9.89 Å². The SMILES string of the molecule is Cc1c[nH]c(C(=O)Nc2cn[nH]c2-c2nc3ccccc3[nH]2)c1. The molecule has 0 radical (unpaired) electrons. The maximum absolute atomic E-state index is 12.3. The summed E-state index contributed by atoms with van der Waals surface area (Å²) in [6, 6.07) is 9.52. The zero-order valence-electron chi connectivity index (χ0n) is 12.3. The highest BCUT2D eigenvalue weighted by Gasteiger charge is 2.15. The Morgan fingerprint density at radius 2 is 2.13 bits per heavy atom. The molecule has 1 aromatic carbocycles. The van der Waals surface area contributed by atoms with Gasteiger partial charge in [-0.25, -0.2) is 4.98 Å². The summed E-state index contributed by atoms with van der Waals surface area (Å²) in [6.07, 6.45) is 3.35. The van der Waals surface area contributed by atoms with Crippen LogP contribution in [0.5, 0.6) is 0 Å². The van der Waals surface area contributed by atoms with Gasteiger partial charge in [-0.2, -0.15) is 5.10 Å². The second-order valence-corrected chi connectivity index (χ2v) is 5.31. The number of H-pyrrole nitrogens is 3. The number of benzene rings is 1. The van der Waals surface area contributed by atoms with Crippen LogP contribution in [0.25, 0.3) is 22.6 Å². The van der Waals surface area contributed by atoms with Gasteiger partial charge < -0.3 is 15.3 Å². The number of aromatic amines is 3. The fourth-order valence-electron chi connectivity index (χ4n) is 2.46. The zero-order valence-corrected chi connectivity index (χ0v) is 12.3. The molecular weight excluding hydrogens is 292 g/mol. The molecule has 4 aromatic rings. The van der Waals surface area contributed by atoms with Gasteiger partial charge in [0.05, 0.1) is 22.9 Å². The first-order chi connectivity index (χ1) is 11.2. The van der Waals surface area contributed by atoms with Crippen molar-refractivity contribution in [2.75, 3.05) is 5.32 Å². The number of aryl methyl sites for hydroxylation is 1. The lowest BCUT2D eigenvalue weighted by Gasteiger charge is -2.02. The van der Waals surface area contributed by atoms with Gasteiger partial charge in [0.1, 0.15) is 11.4 Å². The minimum atomic E-state index is -0.225. The molecule has 7 heteroatoms. The third-order valence-corrected chi connectivity index (χ3v) is 3.59. The molecule has 3 aromatic heterocycles. The van der Waals surface area contributed by atoms with Crippen LogP contribution >= 0.6 is 0 Å². The molecule has 0 atom stereocenters. The van der Waals surface area contributed by atoms with E-state index in [1.807, 2.05) is 31.2 Å². The van der Waals surface area contributed by atoms with Crippen LogP contribution in [0.1, 0.15) is 16.1 Å². The lowest BCUT2D eigenvalue weighted by Crippen LogP contribution is -2.12. The second-order valence-electron chi connectivity index (χ2n) is 5.31. The van der Waals surface area contributed by atoms with Crippen LogP contribution in [-0.4, -0.2) is 31.1 Å². The van der Waals surface area contributed by atoms with Crippen molar-refractivity contribution in [1.29, 1.82) is 0 Å². The molecule has 0 unspecified atom stereocenters. The smallest absolute Gasteiger partial charge is 0.272 e. The summed E-state index contributed by atoms with van der Waals surface area (Å²) in [6.45, 7) is 1.92. The third-order valence-electron chi connectivity index (χ3n) is 3.59. The highest BCUT2D eigenvalue weighted by molar-refractivity contribution is 6.04. The molecule has 0 spiro atoms. The van der Waals surface area contributed by atoms with Gasteiger partial charge >= 0.3 is 0 Å². The topological polar surface area (TPSA) is 102 Å². The molecule has 7 nitrogen and oxygen atoms in total. The van der Waals surface area contributed by atoms with Crippen LogP contribution in [0, 0.1) is 6.92 Å². The third kappa shape index (κ3) is 2.38. The van der Waals surface area contributed by atoms with Crippen molar-refractivity contribution in [3.05, 3.63) is 54.0 Å². The lowest BCUT2D eigenvalue weighted by molar-refractivity contribution is 0.102. The Morgan fingerprint density at radius 1 is 1.26 bits per heavy atom. The summed E-state index contributed by atoms with van der Waals surface area (Å²) >= 11 is 0. The van der Waals surface area contributed by atoms with E-state index in [9.17, 15) is 4.79 Å². The number of para-hydroxylation sites is 2. The molecule has 0 bridgehead atoms. The molecule has 0 saturated heterocycles. The molecule has 0 fully saturated rings. The van der Waals surface area contributed by atoms with Crippen LogP contribution in [0.15, 0.2) is 42.7 Å². The van der Waals surface area contributed by atoms with E-state index in [2.05, 4.69) is 30.5 Å². The van der Waals surface area contributed by atoms with Gasteiger partial charge in [0.15, 0.2) is 5.82 Å². The molecule has 0 aliphatic carbocycles. The van der Waals surface area contributed by atoms with E-state index < -0.39 is 0 Å². The highest BCUT2D eigenvalue weighted by Crippen LogP contribution is 2.25. The molecule has 0 aliphatic heterocycles. The summed E-state index contributed by atoms with van der Waals surface area (Å²) in [5.74, 6) is 0.401. The number of carbonyl (C=O) groups excluding carboxylic acids is 1. The van der Waals surface area contributed by atoms with Crippen LogP contribution in [0.3, 0.4) is 0 Å². The number of hydrogen-bond acceptors (Lipinski definition) is 3. The van der Waals surface area contributed by atoms with Gasteiger partial charge in [0.25, 0.3) is 5.91 Å². The first-order valence-electron chi connectivity index (χ1n) is 7.15. The van der Waals surface area contributed by atoms with Gasteiger partial charge in [0, 0.05) is 6.20 Å². The zero-order chi connectivity index (χ0) is 15.8. The van der Waals surface area contributed by atoms with E-state index in [-0.39, 0.29) is 5.91 Å². The van der Waals surface area contributed by atoms with E-state index in [0.717, 1.165) is 16.6 Å². The molecular formula is C16H14N6O. The van der Waals surface area contributed by atoms with E-state index in [0.29, 0.717) is 22.9 Å². The Balaban J connectivity index is 1.66. The number of fused-ring (bicyclic) bond motifs is 1. The van der Waals surface area contributed by atoms with E-state index in [4.69, 9.17) is 0 Å². The molecule has 0 aliphatic rings. The molecule has 4 N–H and O–H groups in total. The largest absolute Gasteiger partial charge is 0.357 e. The number of amides is 1. The average Bonchev–Trinajstić information content (AvgIpc) is 3.25. The number of nitrogens with zero attached hydrogens (tertiary/aromatic N) is 2. The van der Waals surface area contributed by atoms with Crippen molar-refractivity contribution in [3.8, 4) is 11.5 Å². The van der Waals surface area contributed by atoms with Crippen LogP contribution in [-0.2, 0) is 0 Å². The number of imidazole rings is 1. The maximum atomic E-state index is 12.3. The van der Waals surface area contributed by atoms with Crippen LogP contribution in [0.4, 0.5) is 5.69 Å². The molecule has 1 amide bonds. The van der Waals surface area contributed by atoms with Gasteiger partial charge in [-0.1, -0.05) is 12.1 Å². The average molecular weight is 306 g/mol. The number of anilines is 1. The summed E-state index contributed by atoms with van der Waals surface area (Å²) in [5.41, 5.74) is 4.49. The van der Waals surface area contributed by atoms with Crippen molar-refractivity contribution in [2.24, 2.45) is 0 Å². The van der Waals surface area contributed by atoms with Crippen LogP contribution in [0.2, 0.25) is 0 Å². The quantitative estimate of drug-likeness (QED) is 0.468. The Kier molecular flexibility index (Phi) is 2.97. The maximum Gasteiger partial charge on any atom is 0.272 e. The minimum absolute atomic E-state index is 0.225. The van der Waals surface area contributed by atoms with Crippen molar-refractivity contribution in [3.63, 3.8) is 0 Å². The molecule has 4 rings (SSSR count). The fraction of sp³-hybridized carbons (Fsp3) is 0.0625. The van der Waals surface area contributed by atoms with Gasteiger partial charge in [-0.15, -0.1) is 0 Å². The van der Waals surface area contributed by atoms with Crippen molar-refractivity contribution < 1.29 is 4.79 Å². The lowest BCUT2D eigenvalue weighted by atomic mass is 10.3. The first-order valence-corrected chi connectivity index (χ1v) is 7.15. The standard InChI is InChI=1S/C16H14N6O/c1-9-6-12(17-7-9)16(23)21-13-8-18-22-14(13)15-19-10-4-2-3-5-11(10)20-15/h2-8,17H,1H3,(H,18,22)(H,19,20)(H,21,23). The number of aromatic nitrogens is 5. The minimum Gasteiger partial charge on any atom is -0.357 e. The molecule has 0 saturated carbocycles. The first kappa shape index (κ1) is 13.3. The Hall–Kier alpha value is -3.35. The normalized spacial score (nSPS) is 11.0. The number of rotatable bonds is 3. The summed E-state index contributed by atoms with van der Waals surface area (Å²) in [5, 5.41) is 9.73. The van der Waals surface area contributed by atoms with Crippen molar-refractivity contribution in [2.45, 2.75) is 6.92 Å². The van der Waals surface area contributed by atoms with Gasteiger partial charge in [-0.05, 0) is 30.7 Å². The summed E-state index contributed by atoms with van der Waals surface area (Å²) < 4.78 is 0. The molecule has 114 valence electrons. The number of hydrogen-bond donors (Lipinski definition) is 4. The highest BCUT2D eigenvalue weighted by atomic mass is 16.1. The van der Waals surface area contributed by atoms with Gasteiger partial charge in [0.2, 0.25) is 0 Å².